The van der Waals surface area contributed by atoms with Gasteiger partial charge in [0.2, 0.25) is 5.91 Å². The molecule has 1 aromatic rings. The Hall–Kier alpha value is -1.84. The molecule has 1 atom stereocenters. The number of carboxylic acids is 1. The van der Waals surface area contributed by atoms with Crippen LogP contribution in [0.3, 0.4) is 0 Å². The van der Waals surface area contributed by atoms with Crippen LogP contribution in [0, 0.1) is 5.92 Å². The fourth-order valence-electron chi connectivity index (χ4n) is 3.11. The quantitative estimate of drug-likeness (QED) is 0.875. The molecule has 0 aromatic heterocycles. The van der Waals surface area contributed by atoms with Crippen LogP contribution in [0.15, 0.2) is 24.3 Å². The average molecular weight is 289 g/mol. The van der Waals surface area contributed by atoms with Crippen LogP contribution in [0.5, 0.6) is 0 Å². The molecule has 0 aliphatic heterocycles. The maximum atomic E-state index is 12.1. The lowest BCUT2D eigenvalue weighted by atomic mass is 9.84. The third kappa shape index (κ3) is 4.31. The second kappa shape index (κ2) is 7.25. The highest BCUT2D eigenvalue weighted by molar-refractivity contribution is 5.91. The second-order valence-corrected chi connectivity index (χ2v) is 5.89. The smallest absolute Gasteiger partial charge is 0.335 e. The Labute approximate surface area is 125 Å². The molecule has 0 saturated heterocycles. The Bertz CT molecular complexity index is 507. The van der Waals surface area contributed by atoms with Crippen LogP contribution in [0.4, 0.5) is 0 Å². The number of carbonyl (C=O) groups excluding carboxylic acids is 1. The fraction of sp³-hybridized carbons (Fsp3) is 0.529. The third-order valence-electron chi connectivity index (χ3n) is 4.34. The maximum absolute atomic E-state index is 12.1. The average Bonchev–Trinajstić information content (AvgIpc) is 2.48. The molecule has 4 nitrogen and oxygen atoms in total. The molecule has 0 unspecified atom stereocenters. The molecule has 2 N–H and O–H groups in total. The van der Waals surface area contributed by atoms with E-state index < -0.39 is 5.97 Å². The largest absolute Gasteiger partial charge is 0.478 e. The zero-order chi connectivity index (χ0) is 15.2. The Kier molecular flexibility index (Phi) is 5.37. The molecule has 1 fully saturated rings. The number of hydrogen-bond acceptors (Lipinski definition) is 2. The van der Waals surface area contributed by atoms with E-state index in [-0.39, 0.29) is 23.9 Å². The van der Waals surface area contributed by atoms with Gasteiger partial charge >= 0.3 is 5.97 Å². The lowest BCUT2D eigenvalue weighted by Gasteiger charge is -2.28. The third-order valence-corrected chi connectivity index (χ3v) is 4.34. The molecule has 114 valence electrons. The Morgan fingerprint density at radius 3 is 2.57 bits per heavy atom. The van der Waals surface area contributed by atoms with Gasteiger partial charge in [-0.2, -0.15) is 0 Å². The van der Waals surface area contributed by atoms with E-state index in [9.17, 15) is 9.59 Å². The number of carboxylic acid groups (broad SMARTS) is 1. The summed E-state index contributed by atoms with van der Waals surface area (Å²) >= 11 is 0. The molecule has 2 rings (SSSR count). The van der Waals surface area contributed by atoms with E-state index in [1.54, 1.807) is 18.2 Å². The monoisotopic (exact) mass is 289 g/mol. The van der Waals surface area contributed by atoms with Crippen molar-refractivity contribution in [2.75, 3.05) is 0 Å². The summed E-state index contributed by atoms with van der Waals surface area (Å²) in [6.45, 7) is 2.05. The summed E-state index contributed by atoms with van der Waals surface area (Å²) in [5, 5.41) is 12.2. The van der Waals surface area contributed by atoms with Crippen molar-refractivity contribution >= 4 is 11.9 Å². The summed E-state index contributed by atoms with van der Waals surface area (Å²) in [7, 11) is 0. The molecule has 1 aromatic carbocycles. The summed E-state index contributed by atoms with van der Waals surface area (Å²) in [6.07, 6.45) is 6.25. The molecule has 1 amide bonds. The first kappa shape index (κ1) is 15.5. The van der Waals surface area contributed by atoms with Crippen molar-refractivity contribution in [3.63, 3.8) is 0 Å². The van der Waals surface area contributed by atoms with Crippen LogP contribution in [0.1, 0.15) is 54.9 Å². The lowest BCUT2D eigenvalue weighted by molar-refractivity contribution is -0.121. The van der Waals surface area contributed by atoms with E-state index in [0.717, 1.165) is 0 Å². The standard InChI is InChI=1S/C17H23NO3/c1-12(13-7-3-2-4-8-13)18-16(19)11-14-9-5-6-10-15(14)17(20)21/h5-6,9-10,12-13H,2-4,7-8,11H2,1H3,(H,18,19)(H,20,21)/t12-/m0/s1. The van der Waals surface area contributed by atoms with Gasteiger partial charge in [-0.3, -0.25) is 4.79 Å². The van der Waals surface area contributed by atoms with Crippen LogP contribution in [-0.4, -0.2) is 23.0 Å². The van der Waals surface area contributed by atoms with Crippen molar-refractivity contribution in [1.82, 2.24) is 5.32 Å². The van der Waals surface area contributed by atoms with Gasteiger partial charge in [-0.15, -0.1) is 0 Å². The molecule has 1 aliphatic carbocycles. The molecule has 21 heavy (non-hydrogen) atoms. The summed E-state index contributed by atoms with van der Waals surface area (Å²) in [4.78, 5) is 23.3. The minimum atomic E-state index is -0.987. The number of rotatable bonds is 5. The number of hydrogen-bond donors (Lipinski definition) is 2. The van der Waals surface area contributed by atoms with Crippen molar-refractivity contribution < 1.29 is 14.7 Å². The van der Waals surface area contributed by atoms with Crippen LogP contribution < -0.4 is 5.32 Å². The van der Waals surface area contributed by atoms with Crippen molar-refractivity contribution in [3.05, 3.63) is 35.4 Å². The van der Waals surface area contributed by atoms with Gasteiger partial charge in [0.15, 0.2) is 0 Å². The maximum Gasteiger partial charge on any atom is 0.335 e. The SMILES string of the molecule is C[C@H](NC(=O)Cc1ccccc1C(=O)O)C1CCCCC1. The van der Waals surface area contributed by atoms with Gasteiger partial charge in [0.1, 0.15) is 0 Å². The van der Waals surface area contributed by atoms with E-state index in [1.807, 2.05) is 0 Å². The number of benzene rings is 1. The summed E-state index contributed by atoms with van der Waals surface area (Å²) < 4.78 is 0. The van der Waals surface area contributed by atoms with E-state index in [2.05, 4.69) is 12.2 Å². The summed E-state index contributed by atoms with van der Waals surface area (Å²) in [5.74, 6) is -0.530. The first-order valence-electron chi connectivity index (χ1n) is 7.68. The normalized spacial score (nSPS) is 17.2. The fourth-order valence-corrected chi connectivity index (χ4v) is 3.11. The second-order valence-electron chi connectivity index (χ2n) is 5.89. The number of nitrogens with one attached hydrogen (secondary N) is 1. The van der Waals surface area contributed by atoms with Crippen LogP contribution in [0.25, 0.3) is 0 Å². The molecule has 0 bridgehead atoms. The van der Waals surface area contributed by atoms with Crippen molar-refractivity contribution in [2.45, 2.75) is 51.5 Å². The molecule has 0 spiro atoms. The lowest BCUT2D eigenvalue weighted by Crippen LogP contribution is -2.39. The first-order valence-corrected chi connectivity index (χ1v) is 7.68. The van der Waals surface area contributed by atoms with Gasteiger partial charge < -0.3 is 10.4 Å². The predicted octanol–water partition coefficient (Wildman–Crippen LogP) is 3.01. The number of amides is 1. The Balaban J connectivity index is 1.94. The summed E-state index contributed by atoms with van der Waals surface area (Å²) in [6, 6.07) is 6.84. The van der Waals surface area contributed by atoms with Gasteiger partial charge in [-0.25, -0.2) is 4.79 Å². The number of aromatic carboxylic acids is 1. The highest BCUT2D eigenvalue weighted by Gasteiger charge is 2.22. The molecule has 0 heterocycles. The molecular formula is C17H23NO3. The highest BCUT2D eigenvalue weighted by Crippen LogP contribution is 2.26. The van der Waals surface area contributed by atoms with E-state index >= 15 is 0 Å². The first-order chi connectivity index (χ1) is 10.1. The number of carbonyl (C=O) groups is 2. The van der Waals surface area contributed by atoms with Gasteiger partial charge in [0.05, 0.1) is 12.0 Å². The predicted molar refractivity (Wildman–Crippen MR) is 81.3 cm³/mol. The van der Waals surface area contributed by atoms with Crippen molar-refractivity contribution in [2.24, 2.45) is 5.92 Å². The van der Waals surface area contributed by atoms with E-state index in [0.29, 0.717) is 11.5 Å². The minimum absolute atomic E-state index is 0.0956. The molecular weight excluding hydrogens is 266 g/mol. The van der Waals surface area contributed by atoms with Gasteiger partial charge in [-0.1, -0.05) is 37.5 Å². The molecule has 4 heteroatoms. The van der Waals surface area contributed by atoms with E-state index in [1.165, 1.54) is 38.2 Å². The van der Waals surface area contributed by atoms with Gasteiger partial charge in [-0.05, 0) is 37.3 Å². The molecule has 1 aliphatic rings. The zero-order valence-corrected chi connectivity index (χ0v) is 12.5. The minimum Gasteiger partial charge on any atom is -0.478 e. The van der Waals surface area contributed by atoms with Gasteiger partial charge in [0, 0.05) is 6.04 Å². The van der Waals surface area contributed by atoms with Crippen LogP contribution in [-0.2, 0) is 11.2 Å². The van der Waals surface area contributed by atoms with Crippen molar-refractivity contribution in [1.29, 1.82) is 0 Å². The Morgan fingerprint density at radius 1 is 1.24 bits per heavy atom. The molecule has 0 radical (unpaired) electrons. The van der Waals surface area contributed by atoms with Crippen molar-refractivity contribution in [3.8, 4) is 0 Å². The zero-order valence-electron chi connectivity index (χ0n) is 12.5. The topological polar surface area (TPSA) is 66.4 Å². The van der Waals surface area contributed by atoms with E-state index in [4.69, 9.17) is 5.11 Å². The molecule has 1 saturated carbocycles. The van der Waals surface area contributed by atoms with Crippen LogP contribution in [0.2, 0.25) is 0 Å². The van der Waals surface area contributed by atoms with Crippen LogP contribution >= 0.6 is 0 Å². The van der Waals surface area contributed by atoms with Gasteiger partial charge in [0.25, 0.3) is 0 Å². The summed E-state index contributed by atoms with van der Waals surface area (Å²) in [5.41, 5.74) is 0.774. The highest BCUT2D eigenvalue weighted by atomic mass is 16.4. The Morgan fingerprint density at radius 2 is 1.90 bits per heavy atom.